The fraction of sp³-hybridized carbons (Fsp3) is 0.400. The molecule has 0 spiro atoms. The molecule has 3 rings (SSSR count). The minimum absolute atomic E-state index is 0.173. The van der Waals surface area contributed by atoms with Crippen LogP contribution in [0.2, 0.25) is 0 Å². The van der Waals surface area contributed by atoms with Crippen LogP contribution in [0.5, 0.6) is 0 Å². The van der Waals surface area contributed by atoms with E-state index in [0.29, 0.717) is 11.3 Å². The topological polar surface area (TPSA) is 22.0 Å². The molecule has 0 N–H and O–H groups in total. The molecule has 5 heteroatoms. The molecule has 2 nitrogen and oxygen atoms in total. The van der Waals surface area contributed by atoms with E-state index in [4.69, 9.17) is 0 Å². The molecule has 0 unspecified atom stereocenters. The van der Waals surface area contributed by atoms with E-state index in [1.807, 2.05) is 26.0 Å². The molecular formula is C15H16FNOS2. The van der Waals surface area contributed by atoms with Gasteiger partial charge >= 0.3 is 0 Å². The molecule has 0 aliphatic heterocycles. The van der Waals surface area contributed by atoms with Crippen molar-refractivity contribution in [3.8, 4) is 0 Å². The molecular weight excluding hydrogens is 293 g/mol. The number of pyridine rings is 1. The molecule has 1 aromatic carbocycles. The highest BCUT2D eigenvalue weighted by Gasteiger charge is 2.26. The van der Waals surface area contributed by atoms with Crippen molar-refractivity contribution in [1.29, 1.82) is 0 Å². The van der Waals surface area contributed by atoms with Gasteiger partial charge in [-0.2, -0.15) is 0 Å². The molecule has 1 aliphatic carbocycles. The maximum Gasteiger partial charge on any atom is 0.262 e. The molecule has 1 saturated carbocycles. The van der Waals surface area contributed by atoms with Crippen molar-refractivity contribution < 1.29 is 4.39 Å². The predicted octanol–water partition coefficient (Wildman–Crippen LogP) is 4.29. The van der Waals surface area contributed by atoms with E-state index in [9.17, 15) is 9.18 Å². The van der Waals surface area contributed by atoms with Crippen molar-refractivity contribution in [2.24, 2.45) is 0 Å². The zero-order chi connectivity index (χ0) is 14.5. The number of hydrogen-bond acceptors (Lipinski definition) is 3. The van der Waals surface area contributed by atoms with Crippen LogP contribution in [0.25, 0.3) is 10.8 Å². The normalized spacial score (nSPS) is 15.8. The molecule has 0 radical (unpaired) electrons. The number of nitrogens with zero attached hydrogens (tertiary/aromatic N) is 1. The SMILES string of the molecule is CC(C)(SS)n1ccc2cc(C3CC3)cc(F)c2c1=O. The second-order valence-electron chi connectivity index (χ2n) is 5.77. The summed E-state index contributed by atoms with van der Waals surface area (Å²) in [5.74, 6) is 0.0597. The second-order valence-corrected chi connectivity index (χ2v) is 7.50. The largest absolute Gasteiger partial charge is 0.299 e. The Hall–Kier alpha value is -0.940. The maximum atomic E-state index is 14.3. The fourth-order valence-electron chi connectivity index (χ4n) is 2.47. The molecule has 0 atom stereocenters. The third kappa shape index (κ3) is 2.27. The number of halogens is 1. The van der Waals surface area contributed by atoms with Crippen molar-refractivity contribution in [2.45, 2.75) is 37.5 Å². The summed E-state index contributed by atoms with van der Waals surface area (Å²) in [5.41, 5.74) is 0.712. The van der Waals surface area contributed by atoms with Crippen LogP contribution in [-0.4, -0.2) is 4.57 Å². The van der Waals surface area contributed by atoms with Crippen LogP contribution < -0.4 is 5.56 Å². The first-order chi connectivity index (χ1) is 9.44. The molecule has 2 aromatic rings. The summed E-state index contributed by atoms with van der Waals surface area (Å²) in [4.78, 5) is 12.0. The minimum Gasteiger partial charge on any atom is -0.299 e. The van der Waals surface area contributed by atoms with E-state index in [0.717, 1.165) is 18.4 Å². The van der Waals surface area contributed by atoms with E-state index in [-0.39, 0.29) is 10.9 Å². The average molecular weight is 309 g/mol. The van der Waals surface area contributed by atoms with Crippen LogP contribution in [0, 0.1) is 5.82 Å². The van der Waals surface area contributed by atoms with Gasteiger partial charge in [-0.1, -0.05) is 16.9 Å². The first-order valence-corrected chi connectivity index (χ1v) is 8.49. The van der Waals surface area contributed by atoms with Crippen LogP contribution in [0.3, 0.4) is 0 Å². The highest BCUT2D eigenvalue weighted by molar-refractivity contribution is 8.68. The van der Waals surface area contributed by atoms with Crippen molar-refractivity contribution in [2.75, 3.05) is 0 Å². The Morgan fingerprint density at radius 1 is 1.40 bits per heavy atom. The summed E-state index contributed by atoms with van der Waals surface area (Å²) in [5, 5.41) is 0.862. The van der Waals surface area contributed by atoms with Crippen molar-refractivity contribution in [3.05, 3.63) is 46.1 Å². The Morgan fingerprint density at radius 3 is 2.70 bits per heavy atom. The van der Waals surface area contributed by atoms with Gasteiger partial charge < -0.3 is 0 Å². The van der Waals surface area contributed by atoms with Crippen molar-refractivity contribution >= 4 is 33.2 Å². The van der Waals surface area contributed by atoms with Gasteiger partial charge in [0.05, 0.1) is 10.3 Å². The average Bonchev–Trinajstić information content (AvgIpc) is 3.22. The van der Waals surface area contributed by atoms with Crippen molar-refractivity contribution in [3.63, 3.8) is 0 Å². The van der Waals surface area contributed by atoms with Crippen LogP contribution in [0.4, 0.5) is 4.39 Å². The van der Waals surface area contributed by atoms with Crippen LogP contribution in [0.1, 0.15) is 38.2 Å². The number of rotatable bonds is 3. The van der Waals surface area contributed by atoms with Crippen LogP contribution in [0.15, 0.2) is 29.2 Å². The summed E-state index contributed by atoms with van der Waals surface area (Å²) in [6, 6.07) is 5.28. The quantitative estimate of drug-likeness (QED) is 0.675. The van der Waals surface area contributed by atoms with Gasteiger partial charge in [-0.3, -0.25) is 9.36 Å². The van der Waals surface area contributed by atoms with Crippen LogP contribution in [-0.2, 0) is 4.87 Å². The third-order valence-electron chi connectivity index (χ3n) is 3.83. The molecule has 1 aromatic heterocycles. The molecule has 1 fully saturated rings. The first kappa shape index (κ1) is 14.0. The van der Waals surface area contributed by atoms with Gasteiger partial charge in [0.1, 0.15) is 5.82 Å². The predicted molar refractivity (Wildman–Crippen MR) is 86.0 cm³/mol. The third-order valence-corrected chi connectivity index (χ3v) is 5.82. The number of hydrogen-bond donors (Lipinski definition) is 1. The highest BCUT2D eigenvalue weighted by atomic mass is 33.1. The zero-order valence-electron chi connectivity index (χ0n) is 11.4. The Balaban J connectivity index is 2.25. The Kier molecular flexibility index (Phi) is 3.37. The lowest BCUT2D eigenvalue weighted by Gasteiger charge is -2.24. The van der Waals surface area contributed by atoms with E-state index in [1.54, 1.807) is 6.20 Å². The molecule has 0 saturated heterocycles. The van der Waals surface area contributed by atoms with Gasteiger partial charge in [0.15, 0.2) is 0 Å². The highest BCUT2D eigenvalue weighted by Crippen LogP contribution is 2.41. The van der Waals surface area contributed by atoms with Crippen LogP contribution >= 0.6 is 22.5 Å². The van der Waals surface area contributed by atoms with Gasteiger partial charge in [0.2, 0.25) is 0 Å². The van der Waals surface area contributed by atoms with Crippen molar-refractivity contribution in [1.82, 2.24) is 4.57 Å². The lowest BCUT2D eigenvalue weighted by Crippen LogP contribution is -2.32. The van der Waals surface area contributed by atoms with Gasteiger partial charge in [-0.15, -0.1) is 11.7 Å². The first-order valence-electron chi connectivity index (χ1n) is 6.62. The summed E-state index contributed by atoms with van der Waals surface area (Å²) in [6.07, 6.45) is 3.96. The molecule has 106 valence electrons. The van der Waals surface area contributed by atoms with Gasteiger partial charge in [0, 0.05) is 6.20 Å². The summed E-state index contributed by atoms with van der Waals surface area (Å²) < 4.78 is 15.9. The van der Waals surface area contributed by atoms with E-state index >= 15 is 0 Å². The lowest BCUT2D eigenvalue weighted by atomic mass is 10.0. The molecule has 1 heterocycles. The molecule has 20 heavy (non-hydrogen) atoms. The number of thiol groups is 1. The molecule has 0 amide bonds. The second kappa shape index (κ2) is 4.81. The smallest absolute Gasteiger partial charge is 0.262 e. The zero-order valence-corrected chi connectivity index (χ0v) is 13.1. The fourth-order valence-corrected chi connectivity index (χ4v) is 2.97. The Morgan fingerprint density at radius 2 is 2.10 bits per heavy atom. The summed E-state index contributed by atoms with van der Waals surface area (Å²) in [7, 11) is 1.26. The van der Waals surface area contributed by atoms with E-state index < -0.39 is 10.7 Å². The van der Waals surface area contributed by atoms with Gasteiger partial charge in [-0.05, 0) is 55.7 Å². The molecule has 1 aliphatic rings. The summed E-state index contributed by atoms with van der Waals surface area (Å²) in [6.45, 7) is 3.77. The minimum atomic E-state index is -0.518. The Bertz CT molecular complexity index is 734. The standard InChI is InChI=1S/C15H16FNOS2/c1-15(2,20-19)17-6-5-10-7-11(9-3-4-9)8-12(16)13(10)14(17)18/h5-9,19H,3-4H2,1-2H3. The number of fused-ring (bicyclic) bond motifs is 1. The van der Waals surface area contributed by atoms with E-state index in [1.165, 1.54) is 21.4 Å². The maximum absolute atomic E-state index is 14.3. The van der Waals surface area contributed by atoms with Gasteiger partial charge in [-0.25, -0.2) is 4.39 Å². The number of aromatic nitrogens is 1. The number of benzene rings is 1. The molecule has 0 bridgehead atoms. The Labute approximate surface area is 126 Å². The van der Waals surface area contributed by atoms with E-state index in [2.05, 4.69) is 11.7 Å². The monoisotopic (exact) mass is 309 g/mol. The lowest BCUT2D eigenvalue weighted by molar-refractivity contribution is 0.523. The summed E-state index contributed by atoms with van der Waals surface area (Å²) >= 11 is 4.19. The van der Waals surface area contributed by atoms with Gasteiger partial charge in [0.25, 0.3) is 5.56 Å².